The van der Waals surface area contributed by atoms with Crippen LogP contribution in [0.2, 0.25) is 0 Å². The number of hydrogen-bond donors (Lipinski definition) is 1. The highest BCUT2D eigenvalue weighted by atomic mass is 16.5. The van der Waals surface area contributed by atoms with Gasteiger partial charge in [0.1, 0.15) is 11.5 Å². The van der Waals surface area contributed by atoms with Gasteiger partial charge < -0.3 is 10.5 Å². The summed E-state index contributed by atoms with van der Waals surface area (Å²) in [5, 5.41) is 0. The lowest BCUT2D eigenvalue weighted by atomic mass is 10.1. The first-order valence-electron chi connectivity index (χ1n) is 6.15. The van der Waals surface area contributed by atoms with Crippen LogP contribution < -0.4 is 10.5 Å². The van der Waals surface area contributed by atoms with Gasteiger partial charge in [-0.05, 0) is 61.2 Å². The van der Waals surface area contributed by atoms with Crippen LogP contribution in [0.25, 0.3) is 0 Å². The summed E-state index contributed by atoms with van der Waals surface area (Å²) in [6, 6.07) is 12.2. The van der Waals surface area contributed by atoms with Crippen molar-refractivity contribution < 1.29 is 4.74 Å². The average Bonchev–Trinajstić information content (AvgIpc) is 2.34. The molecule has 0 spiro atoms. The van der Waals surface area contributed by atoms with E-state index in [4.69, 9.17) is 10.5 Å². The summed E-state index contributed by atoms with van der Waals surface area (Å²) in [6.07, 6.45) is 0. The van der Waals surface area contributed by atoms with Crippen molar-refractivity contribution in [2.24, 2.45) is 5.73 Å². The van der Waals surface area contributed by atoms with Gasteiger partial charge in [-0.1, -0.05) is 18.2 Å². The van der Waals surface area contributed by atoms with Crippen molar-refractivity contribution in [2.45, 2.75) is 27.3 Å². The predicted octanol–water partition coefficient (Wildman–Crippen LogP) is 3.86. The Labute approximate surface area is 108 Å². The fourth-order valence-corrected chi connectivity index (χ4v) is 1.91. The van der Waals surface area contributed by atoms with Crippen molar-refractivity contribution >= 4 is 0 Å². The average molecular weight is 241 g/mol. The van der Waals surface area contributed by atoms with Crippen molar-refractivity contribution in [1.29, 1.82) is 0 Å². The van der Waals surface area contributed by atoms with Crippen molar-refractivity contribution in [1.82, 2.24) is 0 Å². The number of benzene rings is 2. The lowest BCUT2D eigenvalue weighted by molar-refractivity contribution is 0.478. The van der Waals surface area contributed by atoms with Crippen LogP contribution in [-0.4, -0.2) is 0 Å². The quantitative estimate of drug-likeness (QED) is 0.885. The molecule has 2 nitrogen and oxygen atoms in total. The molecule has 0 aromatic heterocycles. The molecule has 0 aliphatic heterocycles. The number of nitrogens with two attached hydrogens (primary N) is 1. The molecular weight excluding hydrogens is 222 g/mol. The van der Waals surface area contributed by atoms with Gasteiger partial charge >= 0.3 is 0 Å². The van der Waals surface area contributed by atoms with Crippen LogP contribution in [0.3, 0.4) is 0 Å². The molecule has 0 saturated heterocycles. The molecule has 0 aliphatic rings. The predicted molar refractivity (Wildman–Crippen MR) is 75.1 cm³/mol. The SMILES string of the molecule is Cc1ccc(C)c(Oc2ccc(CN)c(C)c2)c1. The summed E-state index contributed by atoms with van der Waals surface area (Å²) < 4.78 is 5.93. The Morgan fingerprint density at radius 2 is 1.72 bits per heavy atom. The molecule has 0 radical (unpaired) electrons. The van der Waals surface area contributed by atoms with E-state index in [0.717, 1.165) is 22.6 Å². The smallest absolute Gasteiger partial charge is 0.130 e. The minimum absolute atomic E-state index is 0.565. The van der Waals surface area contributed by atoms with Crippen molar-refractivity contribution in [3.8, 4) is 11.5 Å². The van der Waals surface area contributed by atoms with E-state index in [1.165, 1.54) is 11.1 Å². The maximum atomic E-state index is 5.93. The highest BCUT2D eigenvalue weighted by molar-refractivity contribution is 5.42. The minimum atomic E-state index is 0.565. The van der Waals surface area contributed by atoms with Crippen LogP contribution in [0.15, 0.2) is 36.4 Å². The number of hydrogen-bond acceptors (Lipinski definition) is 2. The molecule has 2 N–H and O–H groups in total. The molecule has 0 unspecified atom stereocenters. The maximum absolute atomic E-state index is 5.93. The second-order valence-corrected chi connectivity index (χ2v) is 4.66. The van der Waals surface area contributed by atoms with E-state index in [-0.39, 0.29) is 0 Å². The summed E-state index contributed by atoms with van der Waals surface area (Å²) >= 11 is 0. The van der Waals surface area contributed by atoms with Gasteiger partial charge in [0.15, 0.2) is 0 Å². The van der Waals surface area contributed by atoms with E-state index in [0.29, 0.717) is 6.54 Å². The monoisotopic (exact) mass is 241 g/mol. The fourth-order valence-electron chi connectivity index (χ4n) is 1.91. The largest absolute Gasteiger partial charge is 0.457 e. The first-order valence-corrected chi connectivity index (χ1v) is 6.15. The maximum Gasteiger partial charge on any atom is 0.130 e. The topological polar surface area (TPSA) is 35.2 Å². The van der Waals surface area contributed by atoms with E-state index < -0.39 is 0 Å². The van der Waals surface area contributed by atoms with E-state index in [2.05, 4.69) is 39.0 Å². The Morgan fingerprint density at radius 3 is 2.39 bits per heavy atom. The zero-order valence-corrected chi connectivity index (χ0v) is 11.2. The molecule has 18 heavy (non-hydrogen) atoms. The Kier molecular flexibility index (Phi) is 3.68. The third kappa shape index (κ3) is 2.71. The van der Waals surface area contributed by atoms with E-state index >= 15 is 0 Å². The van der Waals surface area contributed by atoms with Crippen LogP contribution in [0.5, 0.6) is 11.5 Å². The van der Waals surface area contributed by atoms with Crippen molar-refractivity contribution in [3.63, 3.8) is 0 Å². The Hall–Kier alpha value is -1.80. The third-order valence-electron chi connectivity index (χ3n) is 3.11. The second kappa shape index (κ2) is 5.23. The van der Waals surface area contributed by atoms with Crippen LogP contribution in [0.4, 0.5) is 0 Å². The van der Waals surface area contributed by atoms with Gasteiger partial charge in [-0.2, -0.15) is 0 Å². The summed E-state index contributed by atoms with van der Waals surface area (Å²) in [5.41, 5.74) is 10.3. The second-order valence-electron chi connectivity index (χ2n) is 4.66. The van der Waals surface area contributed by atoms with E-state index in [1.54, 1.807) is 0 Å². The van der Waals surface area contributed by atoms with Gasteiger partial charge in [0.05, 0.1) is 0 Å². The highest BCUT2D eigenvalue weighted by Crippen LogP contribution is 2.27. The highest BCUT2D eigenvalue weighted by Gasteiger charge is 2.04. The molecule has 0 heterocycles. The van der Waals surface area contributed by atoms with Crippen LogP contribution in [-0.2, 0) is 6.54 Å². The minimum Gasteiger partial charge on any atom is -0.457 e. The normalized spacial score (nSPS) is 10.4. The molecule has 2 heteroatoms. The van der Waals surface area contributed by atoms with Crippen LogP contribution in [0.1, 0.15) is 22.3 Å². The number of aryl methyl sites for hydroxylation is 3. The standard InChI is InChI=1S/C16H19NO/c1-11-4-5-12(2)16(8-11)18-15-7-6-14(10-17)13(3)9-15/h4-9H,10,17H2,1-3H3. The fraction of sp³-hybridized carbons (Fsp3) is 0.250. The van der Waals surface area contributed by atoms with Crippen molar-refractivity contribution in [3.05, 3.63) is 58.7 Å². The van der Waals surface area contributed by atoms with Gasteiger partial charge in [0.2, 0.25) is 0 Å². The molecule has 94 valence electrons. The molecule has 0 fully saturated rings. The van der Waals surface area contributed by atoms with Crippen LogP contribution in [0, 0.1) is 20.8 Å². The van der Waals surface area contributed by atoms with Crippen molar-refractivity contribution in [2.75, 3.05) is 0 Å². The van der Waals surface area contributed by atoms with Gasteiger partial charge in [-0.3, -0.25) is 0 Å². The molecule has 0 aliphatic carbocycles. The zero-order valence-electron chi connectivity index (χ0n) is 11.2. The molecule has 0 saturated carbocycles. The summed E-state index contributed by atoms with van der Waals surface area (Å²) in [6.45, 7) is 6.73. The van der Waals surface area contributed by atoms with E-state index in [9.17, 15) is 0 Å². The van der Waals surface area contributed by atoms with Gasteiger partial charge in [0.25, 0.3) is 0 Å². The van der Waals surface area contributed by atoms with E-state index in [1.807, 2.05) is 18.2 Å². The molecule has 2 aromatic rings. The lowest BCUT2D eigenvalue weighted by Gasteiger charge is -2.11. The Balaban J connectivity index is 2.28. The molecule has 0 bridgehead atoms. The first kappa shape index (κ1) is 12.7. The molecule has 2 aromatic carbocycles. The lowest BCUT2D eigenvalue weighted by Crippen LogP contribution is -1.99. The molecule has 0 amide bonds. The zero-order chi connectivity index (χ0) is 13.1. The number of ether oxygens (including phenoxy) is 1. The summed E-state index contributed by atoms with van der Waals surface area (Å²) in [7, 11) is 0. The third-order valence-corrected chi connectivity index (χ3v) is 3.11. The van der Waals surface area contributed by atoms with Gasteiger partial charge in [-0.15, -0.1) is 0 Å². The van der Waals surface area contributed by atoms with Crippen LogP contribution >= 0.6 is 0 Å². The number of rotatable bonds is 3. The van der Waals surface area contributed by atoms with Gasteiger partial charge in [-0.25, -0.2) is 0 Å². The molecule has 2 rings (SSSR count). The first-order chi connectivity index (χ1) is 8.60. The Bertz CT molecular complexity index is 561. The molecular formula is C16H19NO. The molecule has 0 atom stereocenters. The van der Waals surface area contributed by atoms with Gasteiger partial charge in [0, 0.05) is 6.54 Å². The Morgan fingerprint density at radius 1 is 0.944 bits per heavy atom. The summed E-state index contributed by atoms with van der Waals surface area (Å²) in [5.74, 6) is 1.77. The summed E-state index contributed by atoms with van der Waals surface area (Å²) in [4.78, 5) is 0.